The van der Waals surface area contributed by atoms with E-state index in [1.165, 1.54) is 0 Å². The zero-order valence-corrected chi connectivity index (χ0v) is 11.4. The molecule has 0 radical (unpaired) electrons. The van der Waals surface area contributed by atoms with Gasteiger partial charge >= 0.3 is 5.97 Å². The molecule has 2 rings (SSSR count). The van der Waals surface area contributed by atoms with Gasteiger partial charge in [0.25, 0.3) is 0 Å². The number of halogens is 1. The molecule has 1 atom stereocenters. The van der Waals surface area contributed by atoms with E-state index in [0.29, 0.717) is 23.4 Å². The molecule has 1 aliphatic rings. The van der Waals surface area contributed by atoms with Crippen molar-refractivity contribution in [2.45, 2.75) is 26.2 Å². The molecule has 0 heterocycles. The van der Waals surface area contributed by atoms with Crippen LogP contribution in [-0.4, -0.2) is 16.9 Å². The molecule has 100 valence electrons. The van der Waals surface area contributed by atoms with Crippen molar-refractivity contribution >= 4 is 28.4 Å². The van der Waals surface area contributed by atoms with Crippen molar-refractivity contribution in [1.82, 2.24) is 0 Å². The normalized spacial score (nSPS) is 25.5. The number of hydrogen-bond acceptors (Lipinski definition) is 2. The van der Waals surface area contributed by atoms with Crippen LogP contribution in [0.5, 0.6) is 0 Å². The minimum Gasteiger partial charge on any atom is -0.481 e. The molecule has 19 heavy (non-hydrogen) atoms. The Morgan fingerprint density at radius 3 is 2.58 bits per heavy atom. The molecule has 0 amide bonds. The van der Waals surface area contributed by atoms with Crippen molar-refractivity contribution < 1.29 is 14.7 Å². The summed E-state index contributed by atoms with van der Waals surface area (Å²) in [6, 6.07) is 9.27. The van der Waals surface area contributed by atoms with Crippen molar-refractivity contribution in [2.75, 3.05) is 0 Å². The number of benzene rings is 1. The molecule has 1 unspecified atom stereocenters. The summed E-state index contributed by atoms with van der Waals surface area (Å²) in [7, 11) is 0. The van der Waals surface area contributed by atoms with Gasteiger partial charge in [-0.3, -0.25) is 9.59 Å². The number of rotatable bonds is 3. The van der Waals surface area contributed by atoms with Crippen LogP contribution in [0.3, 0.4) is 0 Å². The molecule has 1 N–H and O–H groups in total. The summed E-state index contributed by atoms with van der Waals surface area (Å²) in [5, 5.41) is 9.34. The van der Waals surface area contributed by atoms with Gasteiger partial charge in [-0.05, 0) is 18.4 Å². The average Bonchev–Trinajstić information content (AvgIpc) is 2.65. The van der Waals surface area contributed by atoms with Crippen LogP contribution < -0.4 is 0 Å². The van der Waals surface area contributed by atoms with Crippen molar-refractivity contribution in [1.29, 1.82) is 0 Å². The minimum absolute atomic E-state index is 0.135. The van der Waals surface area contributed by atoms with E-state index in [0.717, 1.165) is 5.56 Å². The van der Waals surface area contributed by atoms with Gasteiger partial charge < -0.3 is 5.11 Å². The molecule has 1 aromatic rings. The van der Waals surface area contributed by atoms with E-state index in [9.17, 15) is 9.59 Å². The predicted octanol–water partition coefficient (Wildman–Crippen LogP) is 3.48. The van der Waals surface area contributed by atoms with Gasteiger partial charge in [0.05, 0.1) is 11.5 Å². The molecule has 1 aromatic carbocycles. The molecule has 1 aliphatic carbocycles. The number of allylic oxidation sites excluding steroid dienone is 1. The van der Waals surface area contributed by atoms with E-state index >= 15 is 0 Å². The van der Waals surface area contributed by atoms with Crippen LogP contribution in [0.2, 0.25) is 0 Å². The van der Waals surface area contributed by atoms with Gasteiger partial charge in [-0.2, -0.15) is 0 Å². The first kappa shape index (κ1) is 13.8. The third-order valence-electron chi connectivity index (χ3n) is 3.58. The summed E-state index contributed by atoms with van der Waals surface area (Å²) in [4.78, 5) is 23.2. The van der Waals surface area contributed by atoms with Gasteiger partial charge in [0, 0.05) is 11.0 Å². The van der Waals surface area contributed by atoms with E-state index in [4.69, 9.17) is 16.7 Å². The minimum atomic E-state index is -0.951. The van der Waals surface area contributed by atoms with E-state index in [1.807, 2.05) is 30.3 Å². The Kier molecular flexibility index (Phi) is 3.76. The Morgan fingerprint density at radius 2 is 2.00 bits per heavy atom. The average molecular weight is 279 g/mol. The Morgan fingerprint density at radius 1 is 1.37 bits per heavy atom. The van der Waals surface area contributed by atoms with Crippen LogP contribution in [0, 0.1) is 5.41 Å². The highest BCUT2D eigenvalue weighted by Crippen LogP contribution is 2.44. The van der Waals surface area contributed by atoms with E-state index in [1.54, 1.807) is 6.92 Å². The second-order valence-corrected chi connectivity index (χ2v) is 5.50. The van der Waals surface area contributed by atoms with Crippen LogP contribution in [-0.2, 0) is 9.59 Å². The molecule has 0 saturated heterocycles. The maximum Gasteiger partial charge on any atom is 0.304 e. The van der Waals surface area contributed by atoms with Crippen molar-refractivity contribution in [3.63, 3.8) is 0 Å². The molecule has 0 bridgehead atoms. The quantitative estimate of drug-likeness (QED) is 0.861. The van der Waals surface area contributed by atoms with Crippen molar-refractivity contribution in [3.05, 3.63) is 41.5 Å². The number of Topliss-reactive ketones (excluding diaryl/α,β-unsaturated/α-hetero) is 1. The lowest BCUT2D eigenvalue weighted by atomic mass is 9.83. The molecule has 0 aliphatic heterocycles. The fraction of sp³-hybridized carbons (Fsp3) is 0.333. The van der Waals surface area contributed by atoms with E-state index < -0.39 is 11.4 Å². The predicted molar refractivity (Wildman–Crippen MR) is 73.8 cm³/mol. The first-order valence-electron chi connectivity index (χ1n) is 6.15. The zero-order valence-electron chi connectivity index (χ0n) is 10.6. The molecule has 3 nitrogen and oxygen atoms in total. The van der Waals surface area contributed by atoms with Gasteiger partial charge in [-0.1, -0.05) is 48.9 Å². The third-order valence-corrected chi connectivity index (χ3v) is 4.03. The standard InChI is InChI=1S/C15H15ClO3/c1-15(9-12(17)18)8-7-11(14(15)19)13(16)10-5-3-2-4-6-10/h2-6H,7-9H2,1H3,(H,17,18). The van der Waals surface area contributed by atoms with Crippen LogP contribution in [0.15, 0.2) is 35.9 Å². The number of carbonyl (C=O) groups excluding carboxylic acids is 1. The van der Waals surface area contributed by atoms with Gasteiger partial charge in [0.2, 0.25) is 0 Å². The van der Waals surface area contributed by atoms with Crippen molar-refractivity contribution in [3.8, 4) is 0 Å². The van der Waals surface area contributed by atoms with E-state index in [2.05, 4.69) is 0 Å². The molecule has 4 heteroatoms. The third kappa shape index (κ3) is 2.71. The molecular weight excluding hydrogens is 264 g/mol. The molecule has 0 spiro atoms. The highest BCUT2D eigenvalue weighted by molar-refractivity contribution is 6.51. The second kappa shape index (κ2) is 5.17. The molecule has 1 saturated carbocycles. The number of hydrogen-bond donors (Lipinski definition) is 1. The monoisotopic (exact) mass is 278 g/mol. The number of carboxylic acid groups (broad SMARTS) is 1. The highest BCUT2D eigenvalue weighted by Gasteiger charge is 2.43. The fourth-order valence-electron chi connectivity index (χ4n) is 2.46. The number of ketones is 1. The Labute approximate surface area is 116 Å². The van der Waals surface area contributed by atoms with Gasteiger partial charge in [0.15, 0.2) is 5.78 Å². The van der Waals surface area contributed by atoms with Gasteiger partial charge in [0.1, 0.15) is 0 Å². The number of carbonyl (C=O) groups is 2. The summed E-state index contributed by atoms with van der Waals surface area (Å²) in [6.45, 7) is 1.70. The summed E-state index contributed by atoms with van der Waals surface area (Å²) in [6.07, 6.45) is 0.932. The maximum absolute atomic E-state index is 12.4. The summed E-state index contributed by atoms with van der Waals surface area (Å²) >= 11 is 6.28. The molecule has 1 fully saturated rings. The molecule has 0 aromatic heterocycles. The van der Waals surface area contributed by atoms with Crippen molar-refractivity contribution in [2.24, 2.45) is 5.41 Å². The maximum atomic E-state index is 12.4. The lowest BCUT2D eigenvalue weighted by Gasteiger charge is -2.18. The van der Waals surface area contributed by atoms with Gasteiger partial charge in [-0.15, -0.1) is 0 Å². The smallest absolute Gasteiger partial charge is 0.304 e. The largest absolute Gasteiger partial charge is 0.481 e. The number of aliphatic carboxylic acids is 1. The lowest BCUT2D eigenvalue weighted by molar-refractivity contribution is -0.142. The van der Waals surface area contributed by atoms with Crippen LogP contribution >= 0.6 is 11.6 Å². The Hall–Kier alpha value is -1.61. The van der Waals surface area contributed by atoms with Crippen LogP contribution in [0.25, 0.3) is 5.03 Å². The van der Waals surface area contributed by atoms with Gasteiger partial charge in [-0.25, -0.2) is 0 Å². The summed E-state index contributed by atoms with van der Waals surface area (Å²) in [5.74, 6) is -1.09. The highest BCUT2D eigenvalue weighted by atomic mass is 35.5. The van der Waals surface area contributed by atoms with Crippen LogP contribution in [0.1, 0.15) is 31.7 Å². The SMILES string of the molecule is CC1(CC(=O)O)CCC(=C(Cl)c2ccccc2)C1=O. The first-order chi connectivity index (χ1) is 8.94. The Bertz CT molecular complexity index is 548. The molecular formula is C15H15ClO3. The van der Waals surface area contributed by atoms with E-state index in [-0.39, 0.29) is 12.2 Å². The topological polar surface area (TPSA) is 54.4 Å². The second-order valence-electron chi connectivity index (χ2n) is 5.12. The Balaban J connectivity index is 2.34. The lowest BCUT2D eigenvalue weighted by Crippen LogP contribution is -2.25. The first-order valence-corrected chi connectivity index (χ1v) is 6.52. The number of carboxylic acids is 1. The fourth-order valence-corrected chi connectivity index (χ4v) is 2.77. The zero-order chi connectivity index (χ0) is 14.0. The summed E-state index contributed by atoms with van der Waals surface area (Å²) < 4.78 is 0. The summed E-state index contributed by atoms with van der Waals surface area (Å²) in [5.41, 5.74) is 0.527. The van der Waals surface area contributed by atoms with Crippen LogP contribution in [0.4, 0.5) is 0 Å².